The van der Waals surface area contributed by atoms with Crippen LogP contribution < -0.4 is 0 Å². The first-order chi connectivity index (χ1) is 37.7. The molecule has 0 fully saturated rings. The van der Waals surface area contributed by atoms with Crippen molar-refractivity contribution >= 4 is 131 Å². The molecule has 0 spiro atoms. The predicted octanol–water partition coefficient (Wildman–Crippen LogP) is 18.1. The van der Waals surface area contributed by atoms with Gasteiger partial charge in [-0.15, -0.1) is 0 Å². The molecule has 0 aliphatic carbocycles. The lowest BCUT2D eigenvalue weighted by molar-refractivity contribution is 0.672. The highest BCUT2D eigenvalue weighted by Gasteiger charge is 2.35. The van der Waals surface area contributed by atoms with Gasteiger partial charge in [0.2, 0.25) is 0 Å². The van der Waals surface area contributed by atoms with E-state index in [9.17, 15) is 10.5 Å². The molecule has 0 saturated carbocycles. The molecular weight excluding hydrogens is 935 g/mol. The van der Waals surface area contributed by atoms with Crippen LogP contribution in [0.25, 0.3) is 159 Å². The van der Waals surface area contributed by atoms with Gasteiger partial charge in [0.1, 0.15) is 45.6 Å². The lowest BCUT2D eigenvalue weighted by Gasteiger charge is -2.26. The zero-order valence-electron chi connectivity index (χ0n) is 40.2. The van der Waals surface area contributed by atoms with Gasteiger partial charge < -0.3 is 27.0 Å². The molecule has 350 valence electrons. The molecule has 6 heterocycles. The Labute approximate surface area is 430 Å². The molecule has 0 radical (unpaired) electrons. The standard InChI is InChI=1S/C68H35N5O3/c69-36-48-59(38-16-2-1-3-17-38)49(37-70)64(72-51-25-11-5-22-46(51)61-54(72)34-31-43-40-19-8-14-28-57(40)75-67(43)61)65(73-52-26-12-6-23-47(52)62-55(73)35-32-44-41-20-9-15-29-58(41)76-68(44)62)63(48)71-50-24-10-4-21-45(50)60-53(71)33-30-42-39-18-7-13-27-56(39)74-66(42)60/h1-35H. The largest absolute Gasteiger partial charge is 0.455 e. The van der Waals surface area contributed by atoms with Crippen LogP contribution in [0.2, 0.25) is 0 Å². The number of para-hydroxylation sites is 6. The second-order valence-electron chi connectivity index (χ2n) is 19.6. The third kappa shape index (κ3) is 5.14. The fourth-order valence-corrected chi connectivity index (χ4v) is 12.9. The lowest BCUT2D eigenvalue weighted by Crippen LogP contribution is -2.14. The zero-order chi connectivity index (χ0) is 49.9. The van der Waals surface area contributed by atoms with Gasteiger partial charge in [0.05, 0.1) is 77.4 Å². The number of nitriles is 2. The normalized spacial score (nSPS) is 12.2. The number of rotatable bonds is 4. The second kappa shape index (κ2) is 14.9. The van der Waals surface area contributed by atoms with E-state index < -0.39 is 0 Å². The molecule has 0 atom stereocenters. The van der Waals surface area contributed by atoms with Gasteiger partial charge in [-0.3, -0.25) is 0 Å². The topological polar surface area (TPSA) is 102 Å². The van der Waals surface area contributed by atoms with E-state index in [4.69, 9.17) is 13.3 Å². The Hall–Kier alpha value is -10.8. The summed E-state index contributed by atoms with van der Waals surface area (Å²) in [6, 6.07) is 78.0. The van der Waals surface area contributed by atoms with Crippen LogP contribution in [0.5, 0.6) is 0 Å². The van der Waals surface area contributed by atoms with Crippen LogP contribution in [0.1, 0.15) is 11.1 Å². The van der Waals surface area contributed by atoms with E-state index in [1.54, 1.807) is 0 Å². The highest BCUT2D eigenvalue weighted by molar-refractivity contribution is 6.28. The van der Waals surface area contributed by atoms with E-state index in [0.29, 0.717) is 33.8 Å². The van der Waals surface area contributed by atoms with Crippen molar-refractivity contribution in [3.63, 3.8) is 0 Å². The maximum atomic E-state index is 12.3. The first-order valence-corrected chi connectivity index (χ1v) is 25.3. The Morgan fingerprint density at radius 2 is 0.592 bits per heavy atom. The van der Waals surface area contributed by atoms with Gasteiger partial charge >= 0.3 is 0 Å². The number of furan rings is 3. The average Bonchev–Trinajstić information content (AvgIpc) is 4.50. The number of aromatic nitrogens is 3. The predicted molar refractivity (Wildman–Crippen MR) is 306 cm³/mol. The lowest BCUT2D eigenvalue weighted by atomic mass is 9.90. The Kier molecular flexibility index (Phi) is 7.99. The number of fused-ring (bicyclic) bond motifs is 21. The summed E-state index contributed by atoms with van der Waals surface area (Å²) in [5, 5.41) is 36.2. The number of hydrogen-bond donors (Lipinski definition) is 0. The molecule has 17 aromatic rings. The highest BCUT2D eigenvalue weighted by atomic mass is 16.3. The molecule has 0 aliphatic rings. The molecule has 0 bridgehead atoms. The quantitative estimate of drug-likeness (QED) is 0.175. The van der Waals surface area contributed by atoms with Gasteiger partial charge in [0, 0.05) is 54.0 Å². The summed E-state index contributed by atoms with van der Waals surface area (Å²) in [7, 11) is 0. The number of benzene rings is 11. The first-order valence-electron chi connectivity index (χ1n) is 25.3. The maximum absolute atomic E-state index is 12.3. The Bertz CT molecular complexity index is 5280. The minimum absolute atomic E-state index is 0.338. The van der Waals surface area contributed by atoms with Gasteiger partial charge in [-0.25, -0.2) is 0 Å². The third-order valence-electron chi connectivity index (χ3n) is 15.9. The van der Waals surface area contributed by atoms with E-state index in [1.807, 2.05) is 97.1 Å². The third-order valence-corrected chi connectivity index (χ3v) is 15.9. The Morgan fingerprint density at radius 1 is 0.276 bits per heavy atom. The van der Waals surface area contributed by atoms with Crippen molar-refractivity contribution in [2.45, 2.75) is 0 Å². The number of nitrogens with zero attached hydrogens (tertiary/aromatic N) is 5. The first kappa shape index (κ1) is 40.8. The van der Waals surface area contributed by atoms with E-state index in [2.05, 4.69) is 141 Å². The molecular formula is C68H35N5O3. The van der Waals surface area contributed by atoms with Crippen LogP contribution in [-0.2, 0) is 0 Å². The minimum Gasteiger partial charge on any atom is -0.455 e. The monoisotopic (exact) mass is 969 g/mol. The average molecular weight is 970 g/mol. The molecule has 17 rings (SSSR count). The van der Waals surface area contributed by atoms with Crippen molar-refractivity contribution in [2.24, 2.45) is 0 Å². The van der Waals surface area contributed by atoms with Gasteiger partial charge in [-0.2, -0.15) is 10.5 Å². The molecule has 0 aliphatic heterocycles. The van der Waals surface area contributed by atoms with Crippen LogP contribution in [-0.4, -0.2) is 13.7 Å². The van der Waals surface area contributed by atoms with E-state index in [-0.39, 0.29) is 0 Å². The molecule has 0 amide bonds. The van der Waals surface area contributed by atoms with Crippen molar-refractivity contribution in [2.75, 3.05) is 0 Å². The summed E-state index contributed by atoms with van der Waals surface area (Å²) in [6.45, 7) is 0. The molecule has 11 aromatic carbocycles. The van der Waals surface area contributed by atoms with Gasteiger partial charge in [-0.1, -0.05) is 140 Å². The fraction of sp³-hybridized carbons (Fsp3) is 0. The molecule has 76 heavy (non-hydrogen) atoms. The maximum Gasteiger partial charge on any atom is 0.145 e. The Morgan fingerprint density at radius 3 is 0.961 bits per heavy atom. The molecule has 8 heteroatoms. The van der Waals surface area contributed by atoms with Crippen LogP contribution in [0.15, 0.2) is 226 Å². The summed E-state index contributed by atoms with van der Waals surface area (Å²) in [5.74, 6) is 0. The summed E-state index contributed by atoms with van der Waals surface area (Å²) in [6.07, 6.45) is 0. The smallest absolute Gasteiger partial charge is 0.145 e. The highest BCUT2D eigenvalue weighted by Crippen LogP contribution is 2.51. The van der Waals surface area contributed by atoms with E-state index >= 15 is 0 Å². The molecule has 0 unspecified atom stereocenters. The Balaban J connectivity index is 1.17. The van der Waals surface area contributed by atoms with Crippen LogP contribution >= 0.6 is 0 Å². The SMILES string of the molecule is N#Cc1c(-c2ccccc2)c(C#N)c(-n2c3ccccc3c3c4oc5ccccc5c4ccc32)c(-n2c3ccccc3c3c4oc5ccccc5c4ccc32)c1-n1c2ccccc2c2c3oc4ccccc4c3ccc21. The second-order valence-corrected chi connectivity index (χ2v) is 19.6. The number of hydrogen-bond acceptors (Lipinski definition) is 5. The van der Waals surface area contributed by atoms with Gasteiger partial charge in [-0.05, 0) is 78.4 Å². The summed E-state index contributed by atoms with van der Waals surface area (Å²) < 4.78 is 27.4. The van der Waals surface area contributed by atoms with E-state index in [0.717, 1.165) is 137 Å². The molecule has 0 saturated heterocycles. The summed E-state index contributed by atoms with van der Waals surface area (Å²) in [4.78, 5) is 0. The van der Waals surface area contributed by atoms with E-state index in [1.165, 1.54) is 0 Å². The van der Waals surface area contributed by atoms with Crippen molar-refractivity contribution in [1.82, 2.24) is 13.7 Å². The molecule has 6 aromatic heterocycles. The summed E-state index contributed by atoms with van der Waals surface area (Å²) >= 11 is 0. The van der Waals surface area contributed by atoms with Crippen molar-refractivity contribution < 1.29 is 13.3 Å². The van der Waals surface area contributed by atoms with Crippen LogP contribution in [0.4, 0.5) is 0 Å². The molecule has 8 nitrogen and oxygen atoms in total. The van der Waals surface area contributed by atoms with Crippen LogP contribution in [0.3, 0.4) is 0 Å². The van der Waals surface area contributed by atoms with Crippen molar-refractivity contribution in [3.8, 4) is 40.3 Å². The minimum atomic E-state index is 0.338. The fourth-order valence-electron chi connectivity index (χ4n) is 12.9. The van der Waals surface area contributed by atoms with Gasteiger partial charge in [0.25, 0.3) is 0 Å². The van der Waals surface area contributed by atoms with Gasteiger partial charge in [0.15, 0.2) is 0 Å². The summed E-state index contributed by atoms with van der Waals surface area (Å²) in [5.41, 5.74) is 13.5. The van der Waals surface area contributed by atoms with Crippen molar-refractivity contribution in [3.05, 3.63) is 223 Å². The zero-order valence-corrected chi connectivity index (χ0v) is 40.2. The van der Waals surface area contributed by atoms with Crippen molar-refractivity contribution in [1.29, 1.82) is 10.5 Å². The molecule has 0 N–H and O–H groups in total. The van der Waals surface area contributed by atoms with Crippen LogP contribution in [0, 0.1) is 22.7 Å².